The second kappa shape index (κ2) is 7.97. The fourth-order valence-corrected chi connectivity index (χ4v) is 4.61. The van der Waals surface area contributed by atoms with Crippen molar-refractivity contribution in [1.82, 2.24) is 15.3 Å². The third kappa shape index (κ3) is 4.21. The van der Waals surface area contributed by atoms with Gasteiger partial charge in [-0.15, -0.1) is 0 Å². The first-order valence-corrected chi connectivity index (χ1v) is 10.3. The van der Waals surface area contributed by atoms with Crippen LogP contribution in [0, 0.1) is 0 Å². The molecule has 0 saturated heterocycles. The van der Waals surface area contributed by atoms with Crippen molar-refractivity contribution in [2.45, 2.75) is 89.0 Å². The minimum Gasteiger partial charge on any atom is -0.375 e. The van der Waals surface area contributed by atoms with Gasteiger partial charge in [0, 0.05) is 12.1 Å². The summed E-state index contributed by atoms with van der Waals surface area (Å²) >= 11 is 0. The molecule has 2 aliphatic rings. The number of benzene rings is 1. The molecule has 0 bridgehead atoms. The highest BCUT2D eigenvalue weighted by Gasteiger charge is 2.26. The molecule has 2 fully saturated rings. The van der Waals surface area contributed by atoms with E-state index < -0.39 is 0 Å². The first-order chi connectivity index (χ1) is 12.7. The van der Waals surface area contributed by atoms with Gasteiger partial charge < -0.3 is 20.0 Å². The van der Waals surface area contributed by atoms with E-state index >= 15 is 0 Å². The van der Waals surface area contributed by atoms with Gasteiger partial charge in [-0.25, -0.2) is 4.79 Å². The molecular formula is C21H31N3O2. The van der Waals surface area contributed by atoms with Crippen molar-refractivity contribution < 1.29 is 4.74 Å². The van der Waals surface area contributed by atoms with Crippen molar-refractivity contribution in [1.29, 1.82) is 0 Å². The number of fused-ring (bicyclic) bond motifs is 1. The fourth-order valence-electron chi connectivity index (χ4n) is 4.61. The van der Waals surface area contributed by atoms with Crippen molar-refractivity contribution in [2.24, 2.45) is 0 Å². The predicted octanol–water partition coefficient (Wildman–Crippen LogP) is 4.17. The quantitative estimate of drug-likeness (QED) is 0.752. The van der Waals surface area contributed by atoms with Crippen molar-refractivity contribution in [3.05, 3.63) is 34.2 Å². The number of ether oxygens (including phenoxy) is 1. The van der Waals surface area contributed by atoms with Crippen LogP contribution in [0.1, 0.15) is 76.3 Å². The zero-order valence-electron chi connectivity index (χ0n) is 15.7. The van der Waals surface area contributed by atoms with Crippen LogP contribution >= 0.6 is 0 Å². The molecule has 1 heterocycles. The van der Waals surface area contributed by atoms with Gasteiger partial charge in [-0.1, -0.05) is 25.3 Å². The maximum atomic E-state index is 11.4. The third-order valence-corrected chi connectivity index (χ3v) is 6.14. The molecule has 0 aliphatic heterocycles. The first kappa shape index (κ1) is 17.8. The molecule has 0 radical (unpaired) electrons. The van der Waals surface area contributed by atoms with Crippen LogP contribution in [0.25, 0.3) is 11.0 Å². The van der Waals surface area contributed by atoms with E-state index in [1.165, 1.54) is 63.4 Å². The summed E-state index contributed by atoms with van der Waals surface area (Å²) in [5.41, 5.74) is 2.82. The summed E-state index contributed by atoms with van der Waals surface area (Å²) in [6, 6.07) is 6.98. The van der Waals surface area contributed by atoms with Crippen LogP contribution in [0.15, 0.2) is 23.0 Å². The molecule has 5 nitrogen and oxygen atoms in total. The molecule has 1 aromatic heterocycles. The third-order valence-electron chi connectivity index (χ3n) is 6.14. The number of H-pyrrole nitrogens is 2. The number of rotatable bonds is 5. The van der Waals surface area contributed by atoms with Crippen LogP contribution in [0.4, 0.5) is 0 Å². The normalized spacial score (nSPS) is 26.2. The zero-order valence-corrected chi connectivity index (χ0v) is 15.7. The lowest BCUT2D eigenvalue weighted by Gasteiger charge is -2.34. The van der Waals surface area contributed by atoms with Gasteiger partial charge in [-0.2, -0.15) is 0 Å². The number of aromatic nitrogens is 2. The largest absolute Gasteiger partial charge is 0.375 e. The van der Waals surface area contributed by atoms with Crippen molar-refractivity contribution in [2.75, 3.05) is 0 Å². The maximum Gasteiger partial charge on any atom is 0.323 e. The van der Waals surface area contributed by atoms with Gasteiger partial charge in [0.1, 0.15) is 0 Å². The molecule has 2 aliphatic carbocycles. The highest BCUT2D eigenvalue weighted by Crippen LogP contribution is 2.28. The zero-order chi connectivity index (χ0) is 17.9. The molecule has 1 atom stereocenters. The molecule has 5 heteroatoms. The van der Waals surface area contributed by atoms with Crippen LogP contribution in [0.3, 0.4) is 0 Å². The molecule has 1 aromatic carbocycles. The Hall–Kier alpha value is -1.59. The molecule has 4 rings (SSSR count). The molecule has 2 saturated carbocycles. The molecule has 0 amide bonds. The molecule has 142 valence electrons. The molecule has 3 N–H and O–H groups in total. The Morgan fingerprint density at radius 3 is 2.42 bits per heavy atom. The Balaban J connectivity index is 1.28. The molecule has 26 heavy (non-hydrogen) atoms. The van der Waals surface area contributed by atoms with Crippen LogP contribution < -0.4 is 11.0 Å². The van der Waals surface area contributed by atoms with E-state index in [0.717, 1.165) is 11.0 Å². The van der Waals surface area contributed by atoms with Crippen LogP contribution in [-0.2, 0) is 4.74 Å². The lowest BCUT2D eigenvalue weighted by Crippen LogP contribution is -2.38. The fraction of sp³-hybridized carbons (Fsp3) is 0.667. The Morgan fingerprint density at radius 1 is 0.962 bits per heavy atom. The molecule has 0 spiro atoms. The van der Waals surface area contributed by atoms with E-state index in [0.29, 0.717) is 18.2 Å². The van der Waals surface area contributed by atoms with Gasteiger partial charge in [0.15, 0.2) is 0 Å². The summed E-state index contributed by atoms with van der Waals surface area (Å²) in [6.45, 7) is 2.20. The topological polar surface area (TPSA) is 69.9 Å². The lowest BCUT2D eigenvalue weighted by molar-refractivity contribution is -0.0485. The van der Waals surface area contributed by atoms with E-state index in [1.54, 1.807) is 0 Å². The molecule has 2 aromatic rings. The monoisotopic (exact) mass is 357 g/mol. The van der Waals surface area contributed by atoms with E-state index in [-0.39, 0.29) is 11.7 Å². The number of aromatic amines is 2. The number of nitrogens with one attached hydrogen (secondary N) is 3. The molecular weight excluding hydrogens is 326 g/mol. The van der Waals surface area contributed by atoms with E-state index in [9.17, 15) is 4.79 Å². The Bertz CT molecular complexity index is 767. The Kier molecular flexibility index (Phi) is 5.46. The molecule has 1 unspecified atom stereocenters. The minimum absolute atomic E-state index is 0.144. The van der Waals surface area contributed by atoms with Gasteiger partial charge in [-0.05, 0) is 63.1 Å². The average molecular weight is 357 g/mol. The van der Waals surface area contributed by atoms with E-state index in [1.807, 2.05) is 6.07 Å². The smallest absolute Gasteiger partial charge is 0.323 e. The Morgan fingerprint density at radius 2 is 1.65 bits per heavy atom. The van der Waals surface area contributed by atoms with E-state index in [2.05, 4.69) is 34.3 Å². The summed E-state index contributed by atoms with van der Waals surface area (Å²) in [7, 11) is 0. The van der Waals surface area contributed by atoms with Crippen LogP contribution in [0.5, 0.6) is 0 Å². The number of imidazole rings is 1. The maximum absolute atomic E-state index is 11.4. The van der Waals surface area contributed by atoms with Crippen molar-refractivity contribution >= 4 is 11.0 Å². The van der Waals surface area contributed by atoms with E-state index in [4.69, 9.17) is 4.74 Å². The van der Waals surface area contributed by atoms with Gasteiger partial charge in [0.2, 0.25) is 0 Å². The highest BCUT2D eigenvalue weighted by atomic mass is 16.5. The van der Waals surface area contributed by atoms with Gasteiger partial charge in [0.25, 0.3) is 0 Å². The summed E-state index contributed by atoms with van der Waals surface area (Å²) in [5, 5.41) is 3.77. The number of hydrogen-bond acceptors (Lipinski definition) is 3. The summed E-state index contributed by atoms with van der Waals surface area (Å²) in [4.78, 5) is 17.1. The standard InChI is InChI=1S/C21H31N3O2/c1-14(15-7-12-19-20(13-15)24-21(25)23-19)22-16-8-10-18(11-9-16)26-17-5-3-2-4-6-17/h7,12-14,16-18,22H,2-6,8-11H2,1H3,(H2,23,24,25). The SMILES string of the molecule is CC(NC1CCC(OC2CCCCC2)CC1)c1ccc2[nH]c(=O)[nH]c2c1. The number of hydrogen-bond donors (Lipinski definition) is 3. The Labute approximate surface area is 154 Å². The average Bonchev–Trinajstić information content (AvgIpc) is 3.03. The van der Waals surface area contributed by atoms with Crippen molar-refractivity contribution in [3.8, 4) is 0 Å². The van der Waals surface area contributed by atoms with Gasteiger partial charge in [-0.3, -0.25) is 0 Å². The van der Waals surface area contributed by atoms with Crippen molar-refractivity contribution in [3.63, 3.8) is 0 Å². The second-order valence-corrected chi connectivity index (χ2v) is 8.14. The lowest BCUT2D eigenvalue weighted by atomic mass is 9.91. The summed E-state index contributed by atoms with van der Waals surface area (Å²) in [6.07, 6.45) is 12.3. The first-order valence-electron chi connectivity index (χ1n) is 10.3. The highest BCUT2D eigenvalue weighted by molar-refractivity contribution is 5.75. The van der Waals surface area contributed by atoms with Crippen LogP contribution in [0.2, 0.25) is 0 Å². The summed E-state index contributed by atoms with van der Waals surface area (Å²) < 4.78 is 6.36. The second-order valence-electron chi connectivity index (χ2n) is 8.14. The van der Waals surface area contributed by atoms with Gasteiger partial charge in [0.05, 0.1) is 23.2 Å². The predicted molar refractivity (Wildman–Crippen MR) is 104 cm³/mol. The summed E-state index contributed by atoms with van der Waals surface area (Å²) in [5.74, 6) is 0. The van der Waals surface area contributed by atoms with Crippen LogP contribution in [-0.4, -0.2) is 28.2 Å². The minimum atomic E-state index is -0.144. The van der Waals surface area contributed by atoms with Gasteiger partial charge >= 0.3 is 5.69 Å².